The van der Waals surface area contributed by atoms with Crippen LogP contribution in [0.25, 0.3) is 17.0 Å². The number of nitrogens with one attached hydrogen (secondary N) is 1. The number of aromatic nitrogens is 1. The van der Waals surface area contributed by atoms with Gasteiger partial charge in [-0.1, -0.05) is 31.2 Å². The van der Waals surface area contributed by atoms with Gasteiger partial charge in [0.15, 0.2) is 0 Å². The predicted molar refractivity (Wildman–Crippen MR) is 76.0 cm³/mol. The Balaban J connectivity index is 2.25. The first-order chi connectivity index (χ1) is 8.70. The van der Waals surface area contributed by atoms with Crippen molar-refractivity contribution < 1.29 is 0 Å². The van der Waals surface area contributed by atoms with Crippen molar-refractivity contribution >= 4 is 17.0 Å². The summed E-state index contributed by atoms with van der Waals surface area (Å²) in [4.78, 5) is 14.8. The molecule has 1 heterocycles. The molecule has 1 aliphatic carbocycles. The van der Waals surface area contributed by atoms with E-state index in [1.165, 1.54) is 30.4 Å². The molecule has 1 aromatic carbocycles. The van der Waals surface area contributed by atoms with E-state index in [1.807, 2.05) is 6.07 Å². The fourth-order valence-electron chi connectivity index (χ4n) is 2.77. The molecule has 1 aromatic heterocycles. The van der Waals surface area contributed by atoms with Crippen molar-refractivity contribution in [3.8, 4) is 0 Å². The zero-order chi connectivity index (χ0) is 12.7. The highest BCUT2D eigenvalue weighted by atomic mass is 16.1. The molecule has 2 aromatic rings. The monoisotopic (exact) mass is 239 g/mol. The molecule has 0 spiro atoms. The van der Waals surface area contributed by atoms with Crippen LogP contribution in [0.2, 0.25) is 0 Å². The van der Waals surface area contributed by atoms with Gasteiger partial charge in [-0.05, 0) is 48.3 Å². The molecule has 0 unspecified atom stereocenters. The summed E-state index contributed by atoms with van der Waals surface area (Å²) in [6.45, 7) is 5.78. The van der Waals surface area contributed by atoms with E-state index >= 15 is 0 Å². The van der Waals surface area contributed by atoms with Crippen LogP contribution in [0, 0.1) is 6.92 Å². The Morgan fingerprint density at radius 1 is 1.39 bits per heavy atom. The summed E-state index contributed by atoms with van der Waals surface area (Å²) in [6.07, 6.45) is 5.49. The number of aryl methyl sites for hydroxylation is 1. The van der Waals surface area contributed by atoms with Crippen molar-refractivity contribution in [3.05, 3.63) is 51.8 Å². The molecule has 0 radical (unpaired) electrons. The van der Waals surface area contributed by atoms with E-state index in [9.17, 15) is 4.79 Å². The summed E-state index contributed by atoms with van der Waals surface area (Å²) in [7, 11) is 0. The molecule has 1 N–H and O–H groups in total. The summed E-state index contributed by atoms with van der Waals surface area (Å²) >= 11 is 0. The predicted octanol–water partition coefficient (Wildman–Crippen LogP) is 3.75. The summed E-state index contributed by atoms with van der Waals surface area (Å²) < 4.78 is 0. The molecule has 18 heavy (non-hydrogen) atoms. The molecular formula is C16H17NO. The number of aromatic amines is 1. The molecule has 92 valence electrons. The van der Waals surface area contributed by atoms with Crippen LogP contribution in [0.3, 0.4) is 0 Å². The van der Waals surface area contributed by atoms with Gasteiger partial charge in [-0.25, -0.2) is 0 Å². The second-order valence-corrected chi connectivity index (χ2v) is 5.13. The lowest BCUT2D eigenvalue weighted by Gasteiger charge is -2.27. The van der Waals surface area contributed by atoms with Crippen LogP contribution < -0.4 is 5.56 Å². The van der Waals surface area contributed by atoms with Crippen LogP contribution in [0.1, 0.15) is 41.9 Å². The second kappa shape index (κ2) is 4.13. The Kier molecular flexibility index (Phi) is 2.58. The van der Waals surface area contributed by atoms with E-state index in [1.54, 1.807) is 6.08 Å². The number of fused-ring (bicyclic) bond motifs is 1. The van der Waals surface area contributed by atoms with Crippen molar-refractivity contribution in [2.24, 2.45) is 0 Å². The Labute approximate surface area is 106 Å². The van der Waals surface area contributed by atoms with E-state index < -0.39 is 0 Å². The van der Waals surface area contributed by atoms with Gasteiger partial charge >= 0.3 is 0 Å². The van der Waals surface area contributed by atoms with E-state index in [2.05, 4.69) is 30.6 Å². The van der Waals surface area contributed by atoms with Gasteiger partial charge in [0.1, 0.15) is 0 Å². The average molecular weight is 239 g/mol. The molecule has 0 aliphatic heterocycles. The number of rotatable bonds is 2. The van der Waals surface area contributed by atoms with Crippen LogP contribution in [0.5, 0.6) is 0 Å². The molecule has 2 heteroatoms. The number of hydrogen-bond donors (Lipinski definition) is 1. The van der Waals surface area contributed by atoms with Gasteiger partial charge in [0.25, 0.3) is 5.56 Å². The molecule has 0 bridgehead atoms. The summed E-state index contributed by atoms with van der Waals surface area (Å²) in [5, 5.41) is 1.09. The average Bonchev–Trinajstić information content (AvgIpc) is 2.30. The van der Waals surface area contributed by atoms with Crippen molar-refractivity contribution in [2.45, 2.75) is 32.1 Å². The minimum atomic E-state index is -0.0497. The Morgan fingerprint density at radius 2 is 2.17 bits per heavy atom. The fourth-order valence-corrected chi connectivity index (χ4v) is 2.77. The van der Waals surface area contributed by atoms with Gasteiger partial charge in [0.05, 0.1) is 5.52 Å². The number of hydrogen-bond acceptors (Lipinski definition) is 1. The summed E-state index contributed by atoms with van der Waals surface area (Å²) in [5.74, 6) is 0.692. The highest BCUT2D eigenvalue weighted by Gasteiger charge is 2.21. The van der Waals surface area contributed by atoms with Gasteiger partial charge in [-0.3, -0.25) is 4.79 Å². The SMILES string of the molecule is C=Cc1cc2ccc(C3CCC3)c(C)c2[nH]c1=O. The Morgan fingerprint density at radius 3 is 2.78 bits per heavy atom. The molecule has 2 nitrogen and oxygen atoms in total. The molecule has 3 rings (SSSR count). The number of benzene rings is 1. The quantitative estimate of drug-likeness (QED) is 0.850. The topological polar surface area (TPSA) is 32.9 Å². The van der Waals surface area contributed by atoms with Gasteiger partial charge in [0.2, 0.25) is 0 Å². The lowest BCUT2D eigenvalue weighted by atomic mass is 9.78. The first-order valence-corrected chi connectivity index (χ1v) is 6.49. The minimum Gasteiger partial charge on any atom is -0.321 e. The van der Waals surface area contributed by atoms with Gasteiger partial charge in [0, 0.05) is 5.56 Å². The van der Waals surface area contributed by atoms with Gasteiger partial charge in [-0.2, -0.15) is 0 Å². The van der Waals surface area contributed by atoms with Gasteiger partial charge < -0.3 is 4.98 Å². The molecule has 0 atom stereocenters. The lowest BCUT2D eigenvalue weighted by Crippen LogP contribution is -2.13. The largest absolute Gasteiger partial charge is 0.321 e. The maximum atomic E-state index is 11.9. The third-order valence-corrected chi connectivity index (χ3v) is 4.12. The van der Waals surface area contributed by atoms with Crippen LogP contribution in [-0.2, 0) is 0 Å². The zero-order valence-corrected chi connectivity index (χ0v) is 10.6. The van der Waals surface area contributed by atoms with E-state index in [0.717, 1.165) is 10.9 Å². The van der Waals surface area contributed by atoms with Gasteiger partial charge in [-0.15, -0.1) is 0 Å². The van der Waals surface area contributed by atoms with E-state index in [-0.39, 0.29) is 5.56 Å². The highest BCUT2D eigenvalue weighted by Crippen LogP contribution is 2.39. The molecule has 1 aliphatic rings. The Hall–Kier alpha value is -1.83. The number of pyridine rings is 1. The van der Waals surface area contributed by atoms with Crippen molar-refractivity contribution in [2.75, 3.05) is 0 Å². The first kappa shape index (κ1) is 11.3. The van der Waals surface area contributed by atoms with Crippen LogP contribution in [-0.4, -0.2) is 4.98 Å². The standard InChI is InChI=1S/C16H17NO/c1-3-11-9-13-7-8-14(12-5-4-6-12)10(2)15(13)17-16(11)18/h3,7-9,12H,1,4-6H2,2H3,(H,17,18). The van der Waals surface area contributed by atoms with Crippen LogP contribution >= 0.6 is 0 Å². The maximum Gasteiger partial charge on any atom is 0.255 e. The molecular weight excluding hydrogens is 222 g/mol. The second-order valence-electron chi connectivity index (χ2n) is 5.13. The fraction of sp³-hybridized carbons (Fsp3) is 0.312. The smallest absolute Gasteiger partial charge is 0.255 e. The summed E-state index contributed by atoms with van der Waals surface area (Å²) in [6, 6.07) is 6.24. The first-order valence-electron chi connectivity index (χ1n) is 6.49. The summed E-state index contributed by atoms with van der Waals surface area (Å²) in [5.41, 5.74) is 4.19. The molecule has 1 fully saturated rings. The molecule has 1 saturated carbocycles. The maximum absolute atomic E-state index is 11.9. The highest BCUT2D eigenvalue weighted by molar-refractivity contribution is 5.84. The van der Waals surface area contributed by atoms with Crippen LogP contribution in [0.15, 0.2) is 29.6 Å². The third-order valence-electron chi connectivity index (χ3n) is 4.12. The lowest BCUT2D eigenvalue weighted by molar-refractivity contribution is 0.418. The normalized spacial score (nSPS) is 15.6. The van der Waals surface area contributed by atoms with E-state index in [0.29, 0.717) is 11.5 Å². The Bertz CT molecular complexity index is 677. The van der Waals surface area contributed by atoms with Crippen LogP contribution in [0.4, 0.5) is 0 Å². The van der Waals surface area contributed by atoms with Crippen molar-refractivity contribution in [1.82, 2.24) is 4.98 Å². The third kappa shape index (κ3) is 1.60. The van der Waals surface area contributed by atoms with E-state index in [4.69, 9.17) is 0 Å². The molecule has 0 amide bonds. The minimum absolute atomic E-state index is 0.0497. The molecule has 0 saturated heterocycles. The van der Waals surface area contributed by atoms with Crippen molar-refractivity contribution in [3.63, 3.8) is 0 Å². The zero-order valence-electron chi connectivity index (χ0n) is 10.6. The van der Waals surface area contributed by atoms with Crippen molar-refractivity contribution in [1.29, 1.82) is 0 Å². The number of H-pyrrole nitrogens is 1.